The van der Waals surface area contributed by atoms with Gasteiger partial charge in [-0.3, -0.25) is 20.5 Å². The van der Waals surface area contributed by atoms with Crippen LogP contribution in [0.3, 0.4) is 0 Å². The van der Waals surface area contributed by atoms with Crippen LogP contribution in [0.5, 0.6) is 0 Å². The average Bonchev–Trinajstić information content (AvgIpc) is 2.15. The molecule has 0 atom stereocenters. The van der Waals surface area contributed by atoms with Gasteiger partial charge in [0.2, 0.25) is 0 Å². The zero-order valence-electron chi connectivity index (χ0n) is 8.53. The molecule has 1 aromatic rings. The fraction of sp³-hybridized carbons (Fsp3) is 0.333. The van der Waals surface area contributed by atoms with Gasteiger partial charge in [0.15, 0.2) is 0 Å². The number of benzene rings is 1. The maximum atomic E-state index is 10.8. The lowest BCUT2D eigenvalue weighted by Crippen LogP contribution is -2.29. The number of hydrogen-bond acceptors (Lipinski definition) is 4. The minimum Gasteiger partial charge on any atom is -0.258 e. The highest BCUT2D eigenvalue weighted by molar-refractivity contribution is 9.10. The molecule has 6 heteroatoms. The Bertz CT molecular complexity index is 368. The summed E-state index contributed by atoms with van der Waals surface area (Å²) in [6, 6.07) is 5.03. The zero-order chi connectivity index (χ0) is 11.4. The molecule has 1 N–H and O–H groups in total. The number of hydrogen-bond donors (Lipinski definition) is 1. The van der Waals surface area contributed by atoms with Gasteiger partial charge < -0.3 is 0 Å². The van der Waals surface area contributed by atoms with Crippen molar-refractivity contribution in [1.82, 2.24) is 10.4 Å². The van der Waals surface area contributed by atoms with E-state index in [9.17, 15) is 10.1 Å². The fourth-order valence-electron chi connectivity index (χ4n) is 1.10. The molecule has 0 saturated heterocycles. The molecule has 0 radical (unpaired) electrons. The van der Waals surface area contributed by atoms with E-state index in [-0.39, 0.29) is 10.6 Å². The molecule has 0 spiro atoms. The maximum Gasteiger partial charge on any atom is 0.275 e. The summed E-state index contributed by atoms with van der Waals surface area (Å²) in [5, 5.41) is 12.5. The van der Waals surface area contributed by atoms with Crippen LogP contribution in [0.2, 0.25) is 0 Å². The van der Waals surface area contributed by atoms with Crippen molar-refractivity contribution in [2.45, 2.75) is 6.54 Å². The predicted octanol–water partition coefficient (Wildman–Crippen LogP) is 1.92. The van der Waals surface area contributed by atoms with Gasteiger partial charge >= 0.3 is 0 Å². The number of hydrazine groups is 1. The number of rotatable bonds is 4. The molecule has 0 aliphatic carbocycles. The minimum absolute atomic E-state index is 0.124. The third kappa shape index (κ3) is 3.58. The minimum atomic E-state index is -0.378. The van der Waals surface area contributed by atoms with Crippen LogP contribution in [0.1, 0.15) is 5.56 Å². The molecule has 0 heterocycles. The molecule has 0 aromatic heterocycles. The van der Waals surface area contributed by atoms with E-state index in [1.807, 2.05) is 14.1 Å². The van der Waals surface area contributed by atoms with Crippen LogP contribution in [0.15, 0.2) is 22.7 Å². The number of nitro benzene ring substituents is 1. The van der Waals surface area contributed by atoms with Crippen LogP contribution < -0.4 is 5.43 Å². The summed E-state index contributed by atoms with van der Waals surface area (Å²) in [5.41, 5.74) is 3.78. The Labute approximate surface area is 96.3 Å². The number of nitro groups is 1. The van der Waals surface area contributed by atoms with E-state index in [1.54, 1.807) is 17.1 Å². The molecule has 0 amide bonds. The summed E-state index contributed by atoms with van der Waals surface area (Å²) in [7, 11) is 3.68. The van der Waals surface area contributed by atoms with E-state index in [1.165, 1.54) is 6.07 Å². The monoisotopic (exact) mass is 273 g/mol. The quantitative estimate of drug-likeness (QED) is 0.673. The first-order valence-corrected chi connectivity index (χ1v) is 5.13. The fourth-order valence-corrected chi connectivity index (χ4v) is 1.45. The Hall–Kier alpha value is -0.980. The molecule has 0 fully saturated rings. The lowest BCUT2D eigenvalue weighted by molar-refractivity contribution is -0.385. The van der Waals surface area contributed by atoms with E-state index in [0.29, 0.717) is 16.6 Å². The zero-order valence-corrected chi connectivity index (χ0v) is 10.1. The molecule has 82 valence electrons. The second-order valence-electron chi connectivity index (χ2n) is 3.26. The number of nitrogens with one attached hydrogen (secondary N) is 1. The van der Waals surface area contributed by atoms with Crippen molar-refractivity contribution in [3.8, 4) is 0 Å². The van der Waals surface area contributed by atoms with E-state index >= 15 is 0 Å². The largest absolute Gasteiger partial charge is 0.275 e. The van der Waals surface area contributed by atoms with Gasteiger partial charge in [0.05, 0.1) is 4.92 Å². The standard InChI is InChI=1S/C9H12BrN3O2/c1-12(2)11-6-7-3-4-8(10)5-9(7)13(14)15/h3-5,11H,6H2,1-2H3. The van der Waals surface area contributed by atoms with Crippen LogP contribution in [-0.2, 0) is 6.54 Å². The van der Waals surface area contributed by atoms with Gasteiger partial charge in [0.25, 0.3) is 5.69 Å². The van der Waals surface area contributed by atoms with Crippen LogP contribution in [0.25, 0.3) is 0 Å². The average molecular weight is 274 g/mol. The highest BCUT2D eigenvalue weighted by atomic mass is 79.9. The van der Waals surface area contributed by atoms with E-state index in [2.05, 4.69) is 21.4 Å². The van der Waals surface area contributed by atoms with Crippen molar-refractivity contribution in [2.75, 3.05) is 14.1 Å². The first-order chi connectivity index (χ1) is 7.00. The van der Waals surface area contributed by atoms with Gasteiger partial charge in [0, 0.05) is 36.7 Å². The van der Waals surface area contributed by atoms with E-state index < -0.39 is 0 Å². The molecule has 1 rings (SSSR count). The summed E-state index contributed by atoms with van der Waals surface area (Å²) in [4.78, 5) is 10.4. The van der Waals surface area contributed by atoms with Gasteiger partial charge in [-0.2, -0.15) is 0 Å². The van der Waals surface area contributed by atoms with Crippen molar-refractivity contribution in [3.63, 3.8) is 0 Å². The Morgan fingerprint density at radius 3 is 2.73 bits per heavy atom. The second kappa shape index (κ2) is 5.20. The van der Waals surface area contributed by atoms with E-state index in [0.717, 1.165) is 0 Å². The number of nitrogens with zero attached hydrogens (tertiary/aromatic N) is 2. The van der Waals surface area contributed by atoms with Crippen molar-refractivity contribution >= 4 is 21.6 Å². The predicted molar refractivity (Wildman–Crippen MR) is 61.3 cm³/mol. The Balaban J connectivity index is 2.91. The maximum absolute atomic E-state index is 10.8. The summed E-state index contributed by atoms with van der Waals surface area (Å²) in [6.45, 7) is 0.441. The molecule has 0 bridgehead atoms. The highest BCUT2D eigenvalue weighted by Gasteiger charge is 2.13. The molecular weight excluding hydrogens is 262 g/mol. The van der Waals surface area contributed by atoms with Crippen LogP contribution >= 0.6 is 15.9 Å². The third-order valence-electron chi connectivity index (χ3n) is 1.83. The summed E-state index contributed by atoms with van der Waals surface area (Å²) in [5.74, 6) is 0. The summed E-state index contributed by atoms with van der Waals surface area (Å²) in [6.07, 6.45) is 0. The van der Waals surface area contributed by atoms with Crippen LogP contribution in [0.4, 0.5) is 5.69 Å². The van der Waals surface area contributed by atoms with Gasteiger partial charge in [-0.15, -0.1) is 0 Å². The lowest BCUT2D eigenvalue weighted by atomic mass is 10.2. The Morgan fingerprint density at radius 2 is 2.20 bits per heavy atom. The van der Waals surface area contributed by atoms with Crippen molar-refractivity contribution in [1.29, 1.82) is 0 Å². The topological polar surface area (TPSA) is 58.4 Å². The molecule has 1 aromatic carbocycles. The molecule has 0 saturated carbocycles. The first kappa shape index (κ1) is 12.1. The smallest absolute Gasteiger partial charge is 0.258 e. The van der Waals surface area contributed by atoms with Gasteiger partial charge in [0.1, 0.15) is 0 Å². The lowest BCUT2D eigenvalue weighted by Gasteiger charge is -2.11. The van der Waals surface area contributed by atoms with Crippen molar-refractivity contribution in [2.24, 2.45) is 0 Å². The van der Waals surface area contributed by atoms with Crippen molar-refractivity contribution in [3.05, 3.63) is 38.3 Å². The molecule has 15 heavy (non-hydrogen) atoms. The van der Waals surface area contributed by atoms with Gasteiger partial charge in [-0.05, 0) is 12.1 Å². The van der Waals surface area contributed by atoms with Gasteiger partial charge in [-0.1, -0.05) is 15.9 Å². The Morgan fingerprint density at radius 1 is 1.53 bits per heavy atom. The third-order valence-corrected chi connectivity index (χ3v) is 2.32. The van der Waals surface area contributed by atoms with E-state index in [4.69, 9.17) is 0 Å². The normalized spacial score (nSPS) is 10.7. The SMILES string of the molecule is CN(C)NCc1ccc(Br)cc1[N+](=O)[O-]. The molecule has 0 aliphatic heterocycles. The van der Waals surface area contributed by atoms with Crippen LogP contribution in [0, 0.1) is 10.1 Å². The summed E-state index contributed by atoms with van der Waals surface area (Å²) >= 11 is 3.21. The first-order valence-electron chi connectivity index (χ1n) is 4.34. The molecule has 5 nitrogen and oxygen atoms in total. The van der Waals surface area contributed by atoms with Gasteiger partial charge in [-0.25, -0.2) is 0 Å². The second-order valence-corrected chi connectivity index (χ2v) is 4.18. The number of halogens is 1. The molecule has 0 unspecified atom stereocenters. The van der Waals surface area contributed by atoms with Crippen LogP contribution in [-0.4, -0.2) is 24.0 Å². The Kier molecular flexibility index (Phi) is 4.19. The molecule has 0 aliphatic rings. The van der Waals surface area contributed by atoms with Crippen molar-refractivity contribution < 1.29 is 4.92 Å². The highest BCUT2D eigenvalue weighted by Crippen LogP contribution is 2.23. The summed E-state index contributed by atoms with van der Waals surface area (Å²) < 4.78 is 0.711. The molecular formula is C9H12BrN3O2.